The van der Waals surface area contributed by atoms with Gasteiger partial charge in [-0.25, -0.2) is 4.98 Å². The van der Waals surface area contributed by atoms with Gasteiger partial charge in [0.05, 0.1) is 6.20 Å². The molecule has 1 rings (SSSR count). The van der Waals surface area contributed by atoms with Gasteiger partial charge in [0.25, 0.3) is 0 Å². The molecular weight excluding hydrogens is 216 g/mol. The van der Waals surface area contributed by atoms with Gasteiger partial charge >= 0.3 is 0 Å². The van der Waals surface area contributed by atoms with Crippen LogP contribution in [0.4, 0.5) is 11.8 Å². The standard InChI is InChI=1S/C9H15ClN4O/c1-2-11-9-13-6-7(10)8(14-9)12-4-3-5-15/h6,15H,2-5H2,1H3,(H2,11,12,13,14). The fourth-order valence-corrected chi connectivity index (χ4v) is 1.18. The Morgan fingerprint density at radius 1 is 1.47 bits per heavy atom. The molecule has 0 aromatic carbocycles. The first-order valence-corrected chi connectivity index (χ1v) is 5.27. The number of aromatic nitrogens is 2. The van der Waals surface area contributed by atoms with Crippen LogP contribution in [-0.4, -0.2) is 34.8 Å². The van der Waals surface area contributed by atoms with E-state index in [0.29, 0.717) is 29.8 Å². The van der Waals surface area contributed by atoms with E-state index in [-0.39, 0.29) is 6.61 Å². The number of aliphatic hydroxyl groups is 1. The Hall–Kier alpha value is -1.07. The van der Waals surface area contributed by atoms with Gasteiger partial charge in [-0.3, -0.25) is 0 Å². The van der Waals surface area contributed by atoms with Crippen LogP contribution < -0.4 is 10.6 Å². The van der Waals surface area contributed by atoms with E-state index in [1.807, 2.05) is 6.92 Å². The highest BCUT2D eigenvalue weighted by molar-refractivity contribution is 6.32. The minimum atomic E-state index is 0.149. The average molecular weight is 231 g/mol. The highest BCUT2D eigenvalue weighted by Gasteiger charge is 2.03. The first kappa shape index (κ1) is 12.0. The van der Waals surface area contributed by atoms with Crippen molar-refractivity contribution in [2.45, 2.75) is 13.3 Å². The van der Waals surface area contributed by atoms with E-state index in [4.69, 9.17) is 16.7 Å². The van der Waals surface area contributed by atoms with Crippen molar-refractivity contribution in [1.82, 2.24) is 9.97 Å². The molecule has 0 saturated carbocycles. The summed E-state index contributed by atoms with van der Waals surface area (Å²) in [5.74, 6) is 1.14. The van der Waals surface area contributed by atoms with E-state index >= 15 is 0 Å². The fraction of sp³-hybridized carbons (Fsp3) is 0.556. The van der Waals surface area contributed by atoms with Crippen molar-refractivity contribution in [3.05, 3.63) is 11.2 Å². The maximum absolute atomic E-state index is 8.63. The second-order valence-corrected chi connectivity index (χ2v) is 3.33. The van der Waals surface area contributed by atoms with Crippen LogP contribution in [0.1, 0.15) is 13.3 Å². The van der Waals surface area contributed by atoms with Crippen LogP contribution in [0.25, 0.3) is 0 Å². The largest absolute Gasteiger partial charge is 0.396 e. The number of hydrogen-bond acceptors (Lipinski definition) is 5. The Balaban J connectivity index is 2.63. The third-order valence-electron chi connectivity index (χ3n) is 1.71. The topological polar surface area (TPSA) is 70.1 Å². The summed E-state index contributed by atoms with van der Waals surface area (Å²) in [6, 6.07) is 0. The first-order chi connectivity index (χ1) is 7.27. The predicted molar refractivity (Wildman–Crippen MR) is 61.4 cm³/mol. The molecule has 0 aliphatic rings. The van der Waals surface area contributed by atoms with E-state index in [1.54, 1.807) is 6.20 Å². The first-order valence-electron chi connectivity index (χ1n) is 4.89. The molecule has 0 fully saturated rings. The molecule has 1 heterocycles. The van der Waals surface area contributed by atoms with Crippen molar-refractivity contribution < 1.29 is 5.11 Å². The zero-order valence-corrected chi connectivity index (χ0v) is 9.38. The van der Waals surface area contributed by atoms with Crippen molar-refractivity contribution in [2.24, 2.45) is 0 Å². The van der Waals surface area contributed by atoms with Crippen LogP contribution in [-0.2, 0) is 0 Å². The summed E-state index contributed by atoms with van der Waals surface area (Å²) in [7, 11) is 0. The Morgan fingerprint density at radius 2 is 2.27 bits per heavy atom. The lowest BCUT2D eigenvalue weighted by Gasteiger charge is -2.08. The minimum absolute atomic E-state index is 0.149. The van der Waals surface area contributed by atoms with Crippen molar-refractivity contribution in [3.8, 4) is 0 Å². The molecule has 0 saturated heterocycles. The molecular formula is C9H15ClN4O. The van der Waals surface area contributed by atoms with Crippen LogP contribution in [0, 0.1) is 0 Å². The Bertz CT molecular complexity index is 308. The molecule has 84 valence electrons. The van der Waals surface area contributed by atoms with Crippen molar-refractivity contribution in [1.29, 1.82) is 0 Å². The number of aliphatic hydroxyl groups excluding tert-OH is 1. The molecule has 3 N–H and O–H groups in total. The Morgan fingerprint density at radius 3 is 2.93 bits per heavy atom. The van der Waals surface area contributed by atoms with Crippen molar-refractivity contribution >= 4 is 23.4 Å². The van der Waals surface area contributed by atoms with Crippen molar-refractivity contribution in [2.75, 3.05) is 30.3 Å². The number of halogens is 1. The summed E-state index contributed by atoms with van der Waals surface area (Å²) in [4.78, 5) is 8.20. The zero-order chi connectivity index (χ0) is 11.1. The number of hydrogen-bond donors (Lipinski definition) is 3. The molecule has 0 bridgehead atoms. The second kappa shape index (κ2) is 6.42. The molecule has 0 aliphatic carbocycles. The molecule has 1 aromatic heterocycles. The summed E-state index contributed by atoms with van der Waals surface area (Å²) in [6.07, 6.45) is 2.21. The molecule has 0 radical (unpaired) electrons. The van der Waals surface area contributed by atoms with Gasteiger partial charge in [0.2, 0.25) is 5.95 Å². The second-order valence-electron chi connectivity index (χ2n) is 2.92. The molecule has 1 aromatic rings. The molecule has 5 nitrogen and oxygen atoms in total. The van der Waals surface area contributed by atoms with Gasteiger partial charge in [-0.15, -0.1) is 0 Å². The zero-order valence-electron chi connectivity index (χ0n) is 8.63. The van der Waals surface area contributed by atoms with E-state index < -0.39 is 0 Å². The minimum Gasteiger partial charge on any atom is -0.396 e. The number of nitrogens with zero attached hydrogens (tertiary/aromatic N) is 2. The Labute approximate surface area is 93.9 Å². The third-order valence-corrected chi connectivity index (χ3v) is 1.98. The lowest BCUT2D eigenvalue weighted by molar-refractivity contribution is 0.292. The van der Waals surface area contributed by atoms with Gasteiger partial charge in [-0.1, -0.05) is 11.6 Å². The predicted octanol–water partition coefficient (Wildman–Crippen LogP) is 1.36. The monoisotopic (exact) mass is 230 g/mol. The quantitative estimate of drug-likeness (QED) is 0.644. The van der Waals surface area contributed by atoms with Crippen LogP contribution in [0.15, 0.2) is 6.20 Å². The van der Waals surface area contributed by atoms with E-state index in [1.165, 1.54) is 0 Å². The number of nitrogens with one attached hydrogen (secondary N) is 2. The third kappa shape index (κ3) is 3.89. The number of anilines is 2. The maximum Gasteiger partial charge on any atom is 0.224 e. The summed E-state index contributed by atoms with van der Waals surface area (Å²) in [6.45, 7) is 3.52. The molecule has 0 unspecified atom stereocenters. The van der Waals surface area contributed by atoms with Crippen LogP contribution >= 0.6 is 11.6 Å². The van der Waals surface area contributed by atoms with Gasteiger partial charge in [-0.2, -0.15) is 4.98 Å². The van der Waals surface area contributed by atoms with Gasteiger partial charge in [0.1, 0.15) is 10.8 Å². The molecule has 0 aliphatic heterocycles. The fourth-order valence-electron chi connectivity index (χ4n) is 1.02. The number of rotatable bonds is 6. The summed E-state index contributed by atoms with van der Waals surface area (Å²) >= 11 is 5.90. The smallest absolute Gasteiger partial charge is 0.224 e. The average Bonchev–Trinajstić information content (AvgIpc) is 2.23. The van der Waals surface area contributed by atoms with Crippen molar-refractivity contribution in [3.63, 3.8) is 0 Å². The maximum atomic E-state index is 8.63. The van der Waals surface area contributed by atoms with E-state index in [9.17, 15) is 0 Å². The Kier molecular flexibility index (Phi) is 5.14. The highest BCUT2D eigenvalue weighted by atomic mass is 35.5. The lowest BCUT2D eigenvalue weighted by atomic mass is 10.4. The van der Waals surface area contributed by atoms with Gasteiger partial charge < -0.3 is 15.7 Å². The van der Waals surface area contributed by atoms with Crippen LogP contribution in [0.5, 0.6) is 0 Å². The summed E-state index contributed by atoms with van der Waals surface area (Å²) in [5.41, 5.74) is 0. The van der Waals surface area contributed by atoms with E-state index in [0.717, 1.165) is 6.54 Å². The summed E-state index contributed by atoms with van der Waals surface area (Å²) < 4.78 is 0. The molecule has 15 heavy (non-hydrogen) atoms. The lowest BCUT2D eigenvalue weighted by Crippen LogP contribution is -2.08. The molecule has 0 spiro atoms. The highest BCUT2D eigenvalue weighted by Crippen LogP contribution is 2.18. The SMILES string of the molecule is CCNc1ncc(Cl)c(NCCCO)n1. The van der Waals surface area contributed by atoms with Crippen LogP contribution in [0.3, 0.4) is 0 Å². The van der Waals surface area contributed by atoms with E-state index in [2.05, 4.69) is 20.6 Å². The van der Waals surface area contributed by atoms with Crippen LogP contribution in [0.2, 0.25) is 5.02 Å². The normalized spacial score (nSPS) is 10.1. The van der Waals surface area contributed by atoms with Gasteiger partial charge in [0.15, 0.2) is 0 Å². The molecule has 6 heteroatoms. The van der Waals surface area contributed by atoms with Gasteiger partial charge in [0, 0.05) is 19.7 Å². The van der Waals surface area contributed by atoms with Gasteiger partial charge in [-0.05, 0) is 13.3 Å². The molecule has 0 atom stereocenters. The molecule has 0 amide bonds. The summed E-state index contributed by atoms with van der Waals surface area (Å²) in [5, 5.41) is 15.1.